The third kappa shape index (κ3) is 4.73. The molecule has 1 N–H and O–H groups in total. The van der Waals surface area contributed by atoms with Gasteiger partial charge >= 0.3 is 0 Å². The number of carbonyl (C=O) groups is 2. The van der Waals surface area contributed by atoms with Crippen molar-refractivity contribution in [2.45, 2.75) is 25.2 Å². The van der Waals surface area contributed by atoms with E-state index in [0.29, 0.717) is 18.8 Å². The summed E-state index contributed by atoms with van der Waals surface area (Å²) in [6.07, 6.45) is -0.503. The number of hydrogen-bond donors (Lipinski definition) is 1. The Labute approximate surface area is 130 Å². The number of hydrogen-bond acceptors (Lipinski definition) is 5. The maximum Gasteiger partial charge on any atom is 0.264 e. The molecule has 0 aliphatic rings. The van der Waals surface area contributed by atoms with Gasteiger partial charge in [-0.25, -0.2) is 13.1 Å². The van der Waals surface area contributed by atoms with E-state index in [1.165, 1.54) is 36.3 Å². The molecule has 7 nitrogen and oxygen atoms in total. The normalized spacial score (nSPS) is 10.9. The number of methoxy groups -OCH3 is 1. The predicted molar refractivity (Wildman–Crippen MR) is 80.9 cm³/mol. The van der Waals surface area contributed by atoms with E-state index < -0.39 is 28.3 Å². The summed E-state index contributed by atoms with van der Waals surface area (Å²) in [7, 11) is -2.53. The van der Waals surface area contributed by atoms with Crippen LogP contribution in [-0.4, -0.2) is 45.3 Å². The van der Waals surface area contributed by atoms with Crippen LogP contribution in [0.3, 0.4) is 0 Å². The molecule has 0 saturated heterocycles. The highest BCUT2D eigenvalue weighted by atomic mass is 32.2. The van der Waals surface area contributed by atoms with Crippen molar-refractivity contribution in [3.05, 3.63) is 24.3 Å². The lowest BCUT2D eigenvalue weighted by atomic mass is 10.3. The molecule has 22 heavy (non-hydrogen) atoms. The summed E-state index contributed by atoms with van der Waals surface area (Å²) in [5.74, 6) is -0.762. The maximum absolute atomic E-state index is 12.0. The molecule has 1 aromatic carbocycles. The van der Waals surface area contributed by atoms with Crippen LogP contribution in [0.15, 0.2) is 29.2 Å². The first-order valence-electron chi connectivity index (χ1n) is 6.81. The summed E-state index contributed by atoms with van der Waals surface area (Å²) in [5.41, 5.74) is 0. The highest BCUT2D eigenvalue weighted by molar-refractivity contribution is 7.90. The minimum absolute atomic E-state index is 0.0723. The van der Waals surface area contributed by atoms with E-state index in [9.17, 15) is 18.0 Å². The molecule has 0 aromatic heterocycles. The monoisotopic (exact) mass is 328 g/mol. The Morgan fingerprint density at radius 3 is 2.14 bits per heavy atom. The molecular formula is C14H20N2O5S. The van der Waals surface area contributed by atoms with Gasteiger partial charge < -0.3 is 9.64 Å². The third-order valence-corrected chi connectivity index (χ3v) is 4.44. The fourth-order valence-electron chi connectivity index (χ4n) is 1.83. The molecular weight excluding hydrogens is 308 g/mol. The van der Waals surface area contributed by atoms with Crippen molar-refractivity contribution in [3.63, 3.8) is 0 Å². The minimum Gasteiger partial charge on any atom is -0.497 e. The largest absolute Gasteiger partial charge is 0.497 e. The van der Waals surface area contributed by atoms with Crippen LogP contribution in [0.5, 0.6) is 5.75 Å². The van der Waals surface area contributed by atoms with E-state index >= 15 is 0 Å². The molecule has 0 unspecified atom stereocenters. The van der Waals surface area contributed by atoms with Crippen LogP contribution in [0.4, 0.5) is 0 Å². The van der Waals surface area contributed by atoms with Gasteiger partial charge in [-0.15, -0.1) is 0 Å². The molecule has 0 fully saturated rings. The Morgan fingerprint density at radius 1 is 1.14 bits per heavy atom. The molecule has 0 heterocycles. The predicted octanol–water partition coefficient (Wildman–Crippen LogP) is 0.759. The smallest absolute Gasteiger partial charge is 0.264 e. The van der Waals surface area contributed by atoms with Crippen LogP contribution in [0.1, 0.15) is 20.3 Å². The standard InChI is InChI=1S/C14H20N2O5S/c1-4-16(5-2)14(18)10-13(17)15-22(19,20)12-8-6-11(21-3)7-9-12/h6-9H,4-5,10H2,1-3H3,(H,15,17). The summed E-state index contributed by atoms with van der Waals surface area (Å²) >= 11 is 0. The molecule has 0 atom stereocenters. The number of nitrogens with one attached hydrogen (secondary N) is 1. The van der Waals surface area contributed by atoms with Gasteiger partial charge in [-0.3, -0.25) is 9.59 Å². The second kappa shape index (κ2) is 7.79. The first kappa shape index (κ1) is 18.0. The molecule has 0 saturated carbocycles. The molecule has 8 heteroatoms. The Hall–Kier alpha value is -2.09. The number of benzene rings is 1. The van der Waals surface area contributed by atoms with Crippen molar-refractivity contribution >= 4 is 21.8 Å². The van der Waals surface area contributed by atoms with Gasteiger partial charge in [0.25, 0.3) is 10.0 Å². The van der Waals surface area contributed by atoms with Crippen molar-refractivity contribution in [1.82, 2.24) is 9.62 Å². The SMILES string of the molecule is CCN(CC)C(=O)CC(=O)NS(=O)(=O)c1ccc(OC)cc1. The zero-order chi connectivity index (χ0) is 16.8. The molecule has 2 amide bonds. The number of rotatable bonds is 7. The van der Waals surface area contributed by atoms with Gasteiger partial charge in [0.15, 0.2) is 0 Å². The topological polar surface area (TPSA) is 92.8 Å². The molecule has 1 rings (SSSR count). The molecule has 0 radical (unpaired) electrons. The maximum atomic E-state index is 12.0. The molecule has 0 aliphatic carbocycles. The van der Waals surface area contributed by atoms with Crippen molar-refractivity contribution in [2.75, 3.05) is 20.2 Å². The third-order valence-electron chi connectivity index (χ3n) is 3.05. The van der Waals surface area contributed by atoms with Crippen LogP contribution < -0.4 is 9.46 Å². The van der Waals surface area contributed by atoms with Gasteiger partial charge in [-0.05, 0) is 38.1 Å². The van der Waals surface area contributed by atoms with E-state index in [4.69, 9.17) is 4.74 Å². The zero-order valence-electron chi connectivity index (χ0n) is 12.8. The Balaban J connectivity index is 2.75. The molecule has 122 valence electrons. The Morgan fingerprint density at radius 2 is 1.68 bits per heavy atom. The fraction of sp³-hybridized carbons (Fsp3) is 0.429. The van der Waals surface area contributed by atoms with Crippen molar-refractivity contribution in [3.8, 4) is 5.75 Å². The highest BCUT2D eigenvalue weighted by Crippen LogP contribution is 2.15. The van der Waals surface area contributed by atoms with E-state index in [2.05, 4.69) is 0 Å². The Bertz CT molecular complexity index is 621. The second-order valence-electron chi connectivity index (χ2n) is 4.45. The van der Waals surface area contributed by atoms with E-state index in [0.717, 1.165) is 0 Å². The first-order chi connectivity index (χ1) is 10.3. The lowest BCUT2D eigenvalue weighted by Gasteiger charge is -2.18. The molecule has 1 aromatic rings. The quantitative estimate of drug-likeness (QED) is 0.746. The average molecular weight is 328 g/mol. The number of ether oxygens (including phenoxy) is 1. The number of carbonyl (C=O) groups excluding carboxylic acids is 2. The van der Waals surface area contributed by atoms with Crippen LogP contribution in [0.2, 0.25) is 0 Å². The molecule has 0 bridgehead atoms. The van der Waals surface area contributed by atoms with Crippen LogP contribution in [-0.2, 0) is 19.6 Å². The van der Waals surface area contributed by atoms with Gasteiger partial charge in [-0.1, -0.05) is 0 Å². The lowest BCUT2D eigenvalue weighted by molar-refractivity contribution is -0.135. The number of sulfonamides is 1. The fourth-order valence-corrected chi connectivity index (χ4v) is 2.81. The highest BCUT2D eigenvalue weighted by Gasteiger charge is 2.21. The first-order valence-corrected chi connectivity index (χ1v) is 8.29. The van der Waals surface area contributed by atoms with Gasteiger partial charge in [0.05, 0.1) is 12.0 Å². The summed E-state index contributed by atoms with van der Waals surface area (Å²) in [4.78, 5) is 24.9. The van der Waals surface area contributed by atoms with Crippen LogP contribution in [0.25, 0.3) is 0 Å². The van der Waals surface area contributed by atoms with Crippen molar-refractivity contribution in [1.29, 1.82) is 0 Å². The second-order valence-corrected chi connectivity index (χ2v) is 6.13. The number of nitrogens with zero attached hydrogens (tertiary/aromatic N) is 1. The minimum atomic E-state index is -4.00. The Kier molecular flexibility index (Phi) is 6.36. The van der Waals surface area contributed by atoms with Gasteiger partial charge in [0.1, 0.15) is 12.2 Å². The lowest BCUT2D eigenvalue weighted by Crippen LogP contribution is -2.37. The van der Waals surface area contributed by atoms with Gasteiger partial charge in [0, 0.05) is 13.1 Å². The summed E-state index contributed by atoms with van der Waals surface area (Å²) in [6, 6.07) is 5.58. The number of amides is 2. The van der Waals surface area contributed by atoms with Crippen LogP contribution >= 0.6 is 0 Å². The van der Waals surface area contributed by atoms with Crippen molar-refractivity contribution < 1.29 is 22.7 Å². The van der Waals surface area contributed by atoms with Crippen LogP contribution in [0, 0.1) is 0 Å². The van der Waals surface area contributed by atoms with Gasteiger partial charge in [-0.2, -0.15) is 0 Å². The van der Waals surface area contributed by atoms with Gasteiger partial charge in [0.2, 0.25) is 11.8 Å². The van der Waals surface area contributed by atoms with E-state index in [1.54, 1.807) is 13.8 Å². The molecule has 0 spiro atoms. The summed E-state index contributed by atoms with van der Waals surface area (Å²) in [5, 5.41) is 0. The average Bonchev–Trinajstić information content (AvgIpc) is 2.47. The summed E-state index contributed by atoms with van der Waals surface area (Å²) < 4.78 is 30.9. The van der Waals surface area contributed by atoms with E-state index in [1.807, 2.05) is 4.72 Å². The van der Waals surface area contributed by atoms with E-state index in [-0.39, 0.29) is 4.90 Å². The summed E-state index contributed by atoms with van der Waals surface area (Å²) in [6.45, 7) is 4.50. The zero-order valence-corrected chi connectivity index (χ0v) is 13.6. The van der Waals surface area contributed by atoms with Crippen molar-refractivity contribution in [2.24, 2.45) is 0 Å². The molecule has 0 aliphatic heterocycles.